The molecular weight excluding hydrogens is 308 g/mol. The SMILES string of the molecule is Cc1cccc(-c2nn3c(c2-c2ccncc2)CNCC3)c1.Cl. The number of pyridine rings is 1. The number of halogens is 1. The number of nitrogens with zero attached hydrogens (tertiary/aromatic N) is 3. The molecule has 0 aliphatic carbocycles. The van der Waals surface area contributed by atoms with E-state index in [9.17, 15) is 0 Å². The van der Waals surface area contributed by atoms with Crippen LogP contribution >= 0.6 is 12.4 Å². The molecule has 1 N–H and O–H groups in total. The predicted molar refractivity (Wildman–Crippen MR) is 94.6 cm³/mol. The Morgan fingerprint density at radius 2 is 1.91 bits per heavy atom. The normalized spacial score (nSPS) is 13.3. The first-order valence-electron chi connectivity index (χ1n) is 7.61. The van der Waals surface area contributed by atoms with E-state index in [1.165, 1.54) is 27.9 Å². The van der Waals surface area contributed by atoms with Gasteiger partial charge in [-0.25, -0.2) is 0 Å². The second kappa shape index (κ2) is 6.52. The number of benzene rings is 1. The number of fused-ring (bicyclic) bond motifs is 1. The maximum absolute atomic E-state index is 4.89. The summed E-state index contributed by atoms with van der Waals surface area (Å²) in [6.45, 7) is 4.86. The summed E-state index contributed by atoms with van der Waals surface area (Å²) in [4.78, 5) is 4.14. The average molecular weight is 327 g/mol. The highest BCUT2D eigenvalue weighted by Gasteiger charge is 2.22. The van der Waals surface area contributed by atoms with Crippen molar-refractivity contribution in [2.24, 2.45) is 0 Å². The molecule has 0 bridgehead atoms. The van der Waals surface area contributed by atoms with Crippen molar-refractivity contribution >= 4 is 12.4 Å². The summed E-state index contributed by atoms with van der Waals surface area (Å²) in [5.74, 6) is 0. The smallest absolute Gasteiger partial charge is 0.100 e. The fraction of sp³-hybridized carbons (Fsp3) is 0.222. The van der Waals surface area contributed by atoms with Crippen LogP contribution in [0.3, 0.4) is 0 Å². The van der Waals surface area contributed by atoms with E-state index in [1.807, 2.05) is 12.4 Å². The third kappa shape index (κ3) is 2.87. The standard InChI is InChI=1S/C18H18N4.ClH/c1-13-3-2-4-15(11-13)18-17(14-5-7-19-8-6-14)16-12-20-9-10-22(16)21-18;/h2-8,11,20H,9-10,12H2,1H3;1H. The van der Waals surface area contributed by atoms with Gasteiger partial charge in [0.05, 0.1) is 12.2 Å². The van der Waals surface area contributed by atoms with Crippen molar-refractivity contribution in [1.82, 2.24) is 20.1 Å². The highest BCUT2D eigenvalue weighted by Crippen LogP contribution is 2.35. The Balaban J connectivity index is 0.00000156. The zero-order valence-electron chi connectivity index (χ0n) is 13.0. The van der Waals surface area contributed by atoms with E-state index in [0.29, 0.717) is 0 Å². The van der Waals surface area contributed by atoms with Crippen molar-refractivity contribution in [3.8, 4) is 22.4 Å². The highest BCUT2D eigenvalue weighted by molar-refractivity contribution is 5.85. The van der Waals surface area contributed by atoms with Gasteiger partial charge in [0, 0.05) is 36.6 Å². The van der Waals surface area contributed by atoms with Crippen LogP contribution in [0.2, 0.25) is 0 Å². The van der Waals surface area contributed by atoms with Crippen LogP contribution in [0.1, 0.15) is 11.3 Å². The van der Waals surface area contributed by atoms with Crippen molar-refractivity contribution in [3.05, 3.63) is 60.0 Å². The Morgan fingerprint density at radius 3 is 2.70 bits per heavy atom. The molecule has 4 nitrogen and oxygen atoms in total. The molecule has 1 aromatic carbocycles. The second-order valence-corrected chi connectivity index (χ2v) is 5.68. The fourth-order valence-corrected chi connectivity index (χ4v) is 3.07. The molecule has 4 rings (SSSR count). The summed E-state index contributed by atoms with van der Waals surface area (Å²) in [5, 5.41) is 8.35. The van der Waals surface area contributed by atoms with Crippen LogP contribution < -0.4 is 5.32 Å². The predicted octanol–water partition coefficient (Wildman–Crippen LogP) is 3.45. The third-order valence-corrected chi connectivity index (χ3v) is 4.11. The van der Waals surface area contributed by atoms with E-state index in [4.69, 9.17) is 5.10 Å². The molecule has 5 heteroatoms. The van der Waals surface area contributed by atoms with Crippen molar-refractivity contribution in [2.45, 2.75) is 20.0 Å². The first-order valence-corrected chi connectivity index (χ1v) is 7.61. The van der Waals surface area contributed by atoms with Crippen LogP contribution in [-0.4, -0.2) is 21.3 Å². The number of aryl methyl sites for hydroxylation is 1. The highest BCUT2D eigenvalue weighted by atomic mass is 35.5. The van der Waals surface area contributed by atoms with E-state index in [2.05, 4.69) is 58.3 Å². The van der Waals surface area contributed by atoms with Gasteiger partial charge < -0.3 is 5.32 Å². The van der Waals surface area contributed by atoms with Crippen LogP contribution in [0.15, 0.2) is 48.8 Å². The zero-order valence-corrected chi connectivity index (χ0v) is 13.8. The monoisotopic (exact) mass is 326 g/mol. The molecule has 0 radical (unpaired) electrons. The van der Waals surface area contributed by atoms with E-state index in [-0.39, 0.29) is 12.4 Å². The Bertz CT molecular complexity index is 811. The minimum atomic E-state index is 0. The number of rotatable bonds is 2. The molecule has 0 fully saturated rings. The lowest BCUT2D eigenvalue weighted by atomic mass is 9.98. The van der Waals surface area contributed by atoms with Crippen molar-refractivity contribution < 1.29 is 0 Å². The molecular formula is C18H19ClN4. The van der Waals surface area contributed by atoms with Gasteiger partial charge in [0.25, 0.3) is 0 Å². The largest absolute Gasteiger partial charge is 0.309 e. The molecule has 0 saturated heterocycles. The van der Waals surface area contributed by atoms with Gasteiger partial charge in [0.15, 0.2) is 0 Å². The first kappa shape index (κ1) is 15.7. The molecule has 23 heavy (non-hydrogen) atoms. The van der Waals surface area contributed by atoms with Gasteiger partial charge in [-0.2, -0.15) is 5.10 Å². The maximum Gasteiger partial charge on any atom is 0.100 e. The summed E-state index contributed by atoms with van der Waals surface area (Å²) in [7, 11) is 0. The zero-order chi connectivity index (χ0) is 14.9. The molecule has 0 unspecified atom stereocenters. The van der Waals surface area contributed by atoms with Crippen molar-refractivity contribution in [1.29, 1.82) is 0 Å². The van der Waals surface area contributed by atoms with E-state index < -0.39 is 0 Å². The van der Waals surface area contributed by atoms with Gasteiger partial charge in [-0.3, -0.25) is 9.67 Å². The summed E-state index contributed by atoms with van der Waals surface area (Å²) in [6.07, 6.45) is 3.69. The summed E-state index contributed by atoms with van der Waals surface area (Å²) < 4.78 is 2.14. The molecule has 3 aromatic rings. The lowest BCUT2D eigenvalue weighted by Crippen LogP contribution is -2.28. The van der Waals surface area contributed by atoms with Crippen LogP contribution in [0.4, 0.5) is 0 Å². The number of aromatic nitrogens is 3. The Labute approximate surface area is 142 Å². The number of nitrogens with one attached hydrogen (secondary N) is 1. The minimum absolute atomic E-state index is 0. The Kier molecular flexibility index (Phi) is 4.46. The summed E-state index contributed by atoms with van der Waals surface area (Å²) >= 11 is 0. The van der Waals surface area contributed by atoms with Gasteiger partial charge in [0.1, 0.15) is 5.69 Å². The third-order valence-electron chi connectivity index (χ3n) is 4.11. The van der Waals surface area contributed by atoms with Gasteiger partial charge in [-0.05, 0) is 30.7 Å². The minimum Gasteiger partial charge on any atom is -0.309 e. The van der Waals surface area contributed by atoms with Crippen LogP contribution in [0.5, 0.6) is 0 Å². The lowest BCUT2D eigenvalue weighted by Gasteiger charge is -2.16. The molecule has 1 aliphatic rings. The van der Waals surface area contributed by atoms with Gasteiger partial charge in [0.2, 0.25) is 0 Å². The first-order chi connectivity index (χ1) is 10.8. The molecule has 1 aliphatic heterocycles. The van der Waals surface area contributed by atoms with Gasteiger partial charge >= 0.3 is 0 Å². The lowest BCUT2D eigenvalue weighted by molar-refractivity contribution is 0.477. The number of hydrogen-bond acceptors (Lipinski definition) is 3. The molecule has 0 amide bonds. The van der Waals surface area contributed by atoms with E-state index >= 15 is 0 Å². The summed E-state index contributed by atoms with van der Waals surface area (Å²) in [5.41, 5.74) is 7.15. The van der Waals surface area contributed by atoms with E-state index in [1.54, 1.807) is 0 Å². The number of hydrogen-bond donors (Lipinski definition) is 1. The second-order valence-electron chi connectivity index (χ2n) is 5.68. The quantitative estimate of drug-likeness (QED) is 0.784. The molecule has 0 atom stereocenters. The van der Waals surface area contributed by atoms with Crippen LogP contribution in [0, 0.1) is 6.92 Å². The molecule has 3 heterocycles. The fourth-order valence-electron chi connectivity index (χ4n) is 3.07. The molecule has 118 valence electrons. The molecule has 0 spiro atoms. The Morgan fingerprint density at radius 1 is 1.09 bits per heavy atom. The van der Waals surface area contributed by atoms with Gasteiger partial charge in [-0.1, -0.05) is 23.8 Å². The van der Waals surface area contributed by atoms with Gasteiger partial charge in [-0.15, -0.1) is 12.4 Å². The van der Waals surface area contributed by atoms with E-state index in [0.717, 1.165) is 25.3 Å². The molecule has 2 aromatic heterocycles. The average Bonchev–Trinajstić information content (AvgIpc) is 2.95. The topological polar surface area (TPSA) is 42.7 Å². The maximum atomic E-state index is 4.89. The van der Waals surface area contributed by atoms with Crippen LogP contribution in [-0.2, 0) is 13.1 Å². The summed E-state index contributed by atoms with van der Waals surface area (Å²) in [6, 6.07) is 12.7. The molecule has 0 saturated carbocycles. The van der Waals surface area contributed by atoms with Crippen LogP contribution in [0.25, 0.3) is 22.4 Å². The Hall–Kier alpha value is -2.17. The van der Waals surface area contributed by atoms with Crippen molar-refractivity contribution in [3.63, 3.8) is 0 Å². The van der Waals surface area contributed by atoms with Crippen molar-refractivity contribution in [2.75, 3.05) is 6.54 Å².